The molecule has 54 heavy (non-hydrogen) atoms. The average molecular weight is 757 g/mol. The Labute approximate surface area is 327 Å². The molecule has 4 heterocycles. The minimum Gasteiger partial charge on any atom is -0.135 e. The van der Waals surface area contributed by atoms with Gasteiger partial charge in [0.1, 0.15) is 0 Å². The van der Waals surface area contributed by atoms with Crippen molar-refractivity contribution in [2.45, 2.75) is 0 Å². The third-order valence-electron chi connectivity index (χ3n) is 10.9. The number of hydrogen-bond acceptors (Lipinski definition) is 4. The van der Waals surface area contributed by atoms with Crippen molar-refractivity contribution in [3.63, 3.8) is 0 Å². The van der Waals surface area contributed by atoms with E-state index in [0.29, 0.717) is 0 Å². The quantitative estimate of drug-likeness (QED) is 0.168. The Balaban J connectivity index is 0.831. The first-order valence-electron chi connectivity index (χ1n) is 18.1. The van der Waals surface area contributed by atoms with Crippen LogP contribution >= 0.6 is 45.3 Å². The van der Waals surface area contributed by atoms with E-state index in [2.05, 4.69) is 170 Å². The summed E-state index contributed by atoms with van der Waals surface area (Å²) in [4.78, 5) is 2.63. The summed E-state index contributed by atoms with van der Waals surface area (Å²) in [6, 6.07) is 63.3. The van der Waals surface area contributed by atoms with Gasteiger partial charge >= 0.3 is 0 Å². The Morgan fingerprint density at radius 1 is 0.241 bits per heavy atom. The maximum Gasteiger partial charge on any atom is 0.0542 e. The SMILES string of the molecule is c1ccc2c(c1)ccc1cc(-c3ccc(-c4ccc5c(c4)sc4c6ccc(-c7ccc(-c8cc9ccc%10ccccc%10c9s8)cc7)cc6sc54)cc3)sc12. The van der Waals surface area contributed by atoms with Crippen LogP contribution in [-0.4, -0.2) is 0 Å². The maximum atomic E-state index is 2.38. The first-order chi connectivity index (χ1) is 26.7. The molecular formula is C50H28S4. The van der Waals surface area contributed by atoms with E-state index in [0.717, 1.165) is 0 Å². The van der Waals surface area contributed by atoms with E-state index in [4.69, 9.17) is 0 Å². The normalized spacial score (nSPS) is 12.1. The van der Waals surface area contributed by atoms with E-state index >= 15 is 0 Å². The zero-order chi connectivity index (χ0) is 35.3. The fourth-order valence-corrected chi connectivity index (χ4v) is 13.2. The molecule has 252 valence electrons. The molecule has 0 fully saturated rings. The molecule has 0 saturated heterocycles. The van der Waals surface area contributed by atoms with Gasteiger partial charge in [-0.05, 0) is 90.0 Å². The first-order valence-corrected chi connectivity index (χ1v) is 21.4. The molecule has 0 aliphatic rings. The van der Waals surface area contributed by atoms with Gasteiger partial charge in [-0.25, -0.2) is 0 Å². The molecule has 0 N–H and O–H groups in total. The fourth-order valence-electron chi connectivity index (χ4n) is 8.09. The summed E-state index contributed by atoms with van der Waals surface area (Å²) >= 11 is 7.63. The van der Waals surface area contributed by atoms with Gasteiger partial charge in [-0.3, -0.25) is 0 Å². The van der Waals surface area contributed by atoms with Gasteiger partial charge in [-0.2, -0.15) is 0 Å². The first kappa shape index (κ1) is 30.8. The topological polar surface area (TPSA) is 0 Å². The summed E-state index contributed by atoms with van der Waals surface area (Å²) in [6.07, 6.45) is 0. The third kappa shape index (κ3) is 4.85. The largest absolute Gasteiger partial charge is 0.135 e. The highest BCUT2D eigenvalue weighted by atomic mass is 32.1. The lowest BCUT2D eigenvalue weighted by Gasteiger charge is -2.05. The van der Waals surface area contributed by atoms with Crippen molar-refractivity contribution in [3.05, 3.63) is 170 Å². The second-order valence-electron chi connectivity index (χ2n) is 14.1. The molecule has 4 aromatic heterocycles. The number of fused-ring (bicyclic) bond motifs is 11. The Kier molecular flexibility index (Phi) is 6.81. The van der Waals surface area contributed by atoms with Crippen LogP contribution in [0.5, 0.6) is 0 Å². The van der Waals surface area contributed by atoms with Crippen molar-refractivity contribution in [1.82, 2.24) is 0 Å². The van der Waals surface area contributed by atoms with Crippen LogP contribution in [0.15, 0.2) is 170 Å². The van der Waals surface area contributed by atoms with Gasteiger partial charge in [0.25, 0.3) is 0 Å². The second-order valence-corrected chi connectivity index (χ2v) is 18.3. The highest BCUT2D eigenvalue weighted by Gasteiger charge is 2.15. The summed E-state index contributed by atoms with van der Waals surface area (Å²) in [7, 11) is 0. The lowest BCUT2D eigenvalue weighted by atomic mass is 10.0. The number of thiophene rings is 4. The smallest absolute Gasteiger partial charge is 0.0542 e. The fraction of sp³-hybridized carbons (Fsp3) is 0. The molecule has 0 unspecified atom stereocenters. The molecule has 4 heteroatoms. The Bertz CT molecular complexity index is 3190. The third-order valence-corrected chi connectivity index (χ3v) is 15.9. The lowest BCUT2D eigenvalue weighted by molar-refractivity contribution is 1.65. The molecule has 0 atom stereocenters. The summed E-state index contributed by atoms with van der Waals surface area (Å²) < 4.78 is 8.23. The van der Waals surface area contributed by atoms with E-state index in [9.17, 15) is 0 Å². The van der Waals surface area contributed by atoms with Gasteiger partial charge in [-0.1, -0.05) is 146 Å². The molecule has 0 saturated carbocycles. The van der Waals surface area contributed by atoms with E-state index < -0.39 is 0 Å². The summed E-state index contributed by atoms with van der Waals surface area (Å²) in [6.45, 7) is 0. The van der Waals surface area contributed by atoms with Gasteiger partial charge in [0.05, 0.1) is 9.40 Å². The summed E-state index contributed by atoms with van der Waals surface area (Å²) in [5, 5.41) is 10.6. The van der Waals surface area contributed by atoms with Gasteiger partial charge in [0, 0.05) is 39.3 Å². The molecule has 8 aromatic carbocycles. The van der Waals surface area contributed by atoms with Crippen molar-refractivity contribution in [3.8, 4) is 43.1 Å². The van der Waals surface area contributed by atoms with Crippen LogP contribution in [0, 0.1) is 0 Å². The summed E-state index contributed by atoms with van der Waals surface area (Å²) in [5.74, 6) is 0. The van der Waals surface area contributed by atoms with E-state index in [1.807, 2.05) is 45.3 Å². The van der Waals surface area contributed by atoms with Crippen LogP contribution in [0.2, 0.25) is 0 Å². The van der Waals surface area contributed by atoms with E-state index in [1.54, 1.807) is 0 Å². The molecule has 0 spiro atoms. The molecule has 0 aliphatic heterocycles. The van der Waals surface area contributed by atoms with Gasteiger partial charge in [0.15, 0.2) is 0 Å². The molecule has 0 bridgehead atoms. The lowest BCUT2D eigenvalue weighted by Crippen LogP contribution is -1.78. The zero-order valence-electron chi connectivity index (χ0n) is 28.8. The zero-order valence-corrected chi connectivity index (χ0v) is 32.1. The van der Waals surface area contributed by atoms with Crippen LogP contribution in [0.1, 0.15) is 0 Å². The molecule has 12 rings (SSSR count). The van der Waals surface area contributed by atoms with Gasteiger partial charge < -0.3 is 0 Å². The predicted octanol–water partition coefficient (Wildman–Crippen LogP) is 16.7. The Hall–Kier alpha value is -5.62. The Morgan fingerprint density at radius 3 is 1.09 bits per heavy atom. The molecule has 0 amide bonds. The number of hydrogen-bond donors (Lipinski definition) is 0. The highest BCUT2D eigenvalue weighted by molar-refractivity contribution is 7.36. The van der Waals surface area contributed by atoms with Crippen LogP contribution in [0.4, 0.5) is 0 Å². The van der Waals surface area contributed by atoms with Crippen LogP contribution in [0.25, 0.3) is 114 Å². The molecule has 0 nitrogen and oxygen atoms in total. The van der Waals surface area contributed by atoms with Crippen LogP contribution in [-0.2, 0) is 0 Å². The molecule has 12 aromatic rings. The minimum absolute atomic E-state index is 1.25. The Morgan fingerprint density at radius 2 is 0.630 bits per heavy atom. The molecule has 0 aliphatic carbocycles. The number of benzene rings is 8. The maximum absolute atomic E-state index is 2.38. The van der Waals surface area contributed by atoms with Crippen molar-refractivity contribution in [2.75, 3.05) is 0 Å². The summed E-state index contributed by atoms with van der Waals surface area (Å²) in [5.41, 5.74) is 7.59. The van der Waals surface area contributed by atoms with E-state index in [1.165, 1.54) is 114 Å². The van der Waals surface area contributed by atoms with Gasteiger partial charge in [-0.15, -0.1) is 45.3 Å². The average Bonchev–Trinajstić information content (AvgIpc) is 4.02. The van der Waals surface area contributed by atoms with Crippen molar-refractivity contribution in [1.29, 1.82) is 0 Å². The molecule has 0 radical (unpaired) electrons. The van der Waals surface area contributed by atoms with Crippen molar-refractivity contribution >= 4 is 117 Å². The minimum atomic E-state index is 1.25. The van der Waals surface area contributed by atoms with E-state index in [-0.39, 0.29) is 0 Å². The van der Waals surface area contributed by atoms with Crippen LogP contribution < -0.4 is 0 Å². The highest BCUT2D eigenvalue weighted by Crippen LogP contribution is 2.47. The monoisotopic (exact) mass is 756 g/mol. The van der Waals surface area contributed by atoms with Gasteiger partial charge in [0.2, 0.25) is 0 Å². The standard InChI is InChI=1S/C50H28S4/c1-3-7-39-31(5-1)13-19-37-27-43(51-47(37)39)33-15-9-29(10-16-33)35-21-23-41-45(25-35)53-50-42-24-22-36(26-46(42)54-49(41)50)30-11-17-34(18-12-30)44-28-38-20-14-32-6-2-4-8-40(32)48(38)52-44/h1-28H. The molecular weight excluding hydrogens is 729 g/mol. The predicted molar refractivity (Wildman–Crippen MR) is 242 cm³/mol. The van der Waals surface area contributed by atoms with Crippen molar-refractivity contribution < 1.29 is 0 Å². The van der Waals surface area contributed by atoms with Crippen LogP contribution in [0.3, 0.4) is 0 Å². The number of rotatable bonds is 4. The second kappa shape index (κ2) is 11.9. The van der Waals surface area contributed by atoms with Crippen molar-refractivity contribution in [2.24, 2.45) is 0 Å².